The highest BCUT2D eigenvalue weighted by atomic mass is 19.1. The van der Waals surface area contributed by atoms with Gasteiger partial charge in [-0.2, -0.15) is 0 Å². The number of nitrogens with one attached hydrogen (secondary N) is 1. The number of likely N-dealkylation sites (tertiary alicyclic amines) is 1. The van der Waals surface area contributed by atoms with E-state index in [4.69, 9.17) is 14.3 Å². The number of hydrogen-bond donors (Lipinski definition) is 2. The molecule has 2 N–H and O–H groups in total. The Balaban J connectivity index is 0.000000891. The predicted molar refractivity (Wildman–Crippen MR) is 88.7 cm³/mol. The number of alkyl halides is 1. The van der Waals surface area contributed by atoms with Gasteiger partial charge < -0.3 is 19.7 Å². The number of piperidine rings is 1. The van der Waals surface area contributed by atoms with Crippen molar-refractivity contribution in [2.45, 2.75) is 32.1 Å². The maximum absolute atomic E-state index is 12.0. The Bertz CT molecular complexity index is 445. The van der Waals surface area contributed by atoms with E-state index in [9.17, 15) is 9.18 Å². The molecule has 1 aromatic rings. The van der Waals surface area contributed by atoms with Crippen molar-refractivity contribution in [3.8, 4) is 0 Å². The number of hydrogen-bond acceptors (Lipinski definition) is 4. The van der Waals surface area contributed by atoms with Crippen molar-refractivity contribution in [1.29, 1.82) is 0 Å². The molecule has 1 aliphatic heterocycles. The molecule has 0 aliphatic carbocycles. The third kappa shape index (κ3) is 8.10. The Morgan fingerprint density at radius 3 is 2.67 bits per heavy atom. The lowest BCUT2D eigenvalue weighted by Gasteiger charge is -2.32. The van der Waals surface area contributed by atoms with Crippen LogP contribution in [0.2, 0.25) is 0 Å². The summed E-state index contributed by atoms with van der Waals surface area (Å²) in [5.41, 5.74) is 0.584. The van der Waals surface area contributed by atoms with Crippen molar-refractivity contribution in [2.75, 3.05) is 32.9 Å². The van der Waals surface area contributed by atoms with Crippen LogP contribution in [0.5, 0.6) is 0 Å². The van der Waals surface area contributed by atoms with E-state index >= 15 is 0 Å². The van der Waals surface area contributed by atoms with Crippen LogP contribution in [0.15, 0.2) is 23.0 Å². The Morgan fingerprint density at radius 2 is 2.08 bits per heavy atom. The summed E-state index contributed by atoms with van der Waals surface area (Å²) in [7, 11) is 0. The number of halogens is 1. The quantitative estimate of drug-likeness (QED) is 0.560. The highest BCUT2D eigenvalue weighted by molar-refractivity contribution is 5.93. The minimum Gasteiger partial charge on any atom is -0.483 e. The molecule has 136 valence electrons. The van der Waals surface area contributed by atoms with Gasteiger partial charge in [0, 0.05) is 6.54 Å². The molecule has 7 heteroatoms. The van der Waals surface area contributed by atoms with Gasteiger partial charge in [-0.1, -0.05) is 0 Å². The van der Waals surface area contributed by atoms with Gasteiger partial charge in [-0.3, -0.25) is 14.0 Å². The maximum atomic E-state index is 12.0. The van der Waals surface area contributed by atoms with Gasteiger partial charge >= 0.3 is 0 Å². The molecule has 0 spiro atoms. The molecule has 6 nitrogen and oxygen atoms in total. The van der Waals surface area contributed by atoms with E-state index in [1.807, 2.05) is 0 Å². The summed E-state index contributed by atoms with van der Waals surface area (Å²) in [6.45, 7) is 3.54. The van der Waals surface area contributed by atoms with Crippen molar-refractivity contribution >= 4 is 12.4 Å². The first-order valence-corrected chi connectivity index (χ1v) is 8.37. The van der Waals surface area contributed by atoms with Gasteiger partial charge in [0.2, 0.25) is 0 Å². The second-order valence-electron chi connectivity index (χ2n) is 5.86. The zero-order valence-electron chi connectivity index (χ0n) is 14.0. The first kappa shape index (κ1) is 20.2. The lowest BCUT2D eigenvalue weighted by Crippen LogP contribution is -2.39. The third-order valence-corrected chi connectivity index (χ3v) is 4.15. The van der Waals surface area contributed by atoms with Crippen LogP contribution in [0, 0.1) is 5.92 Å². The fourth-order valence-corrected chi connectivity index (χ4v) is 2.75. The van der Waals surface area contributed by atoms with Crippen molar-refractivity contribution in [3.63, 3.8) is 0 Å². The van der Waals surface area contributed by atoms with E-state index in [0.29, 0.717) is 17.9 Å². The Kier molecular flexibility index (Phi) is 10.5. The summed E-state index contributed by atoms with van der Waals surface area (Å²) in [6, 6.07) is 1.68. The monoisotopic (exact) mass is 342 g/mol. The van der Waals surface area contributed by atoms with Gasteiger partial charge in [-0.05, 0) is 63.7 Å². The van der Waals surface area contributed by atoms with Crippen LogP contribution in [0.3, 0.4) is 0 Å². The molecule has 0 unspecified atom stereocenters. The highest BCUT2D eigenvalue weighted by Gasteiger charge is 2.19. The molecule has 24 heavy (non-hydrogen) atoms. The van der Waals surface area contributed by atoms with Crippen LogP contribution in [-0.4, -0.2) is 55.2 Å². The van der Waals surface area contributed by atoms with Crippen LogP contribution < -0.4 is 5.32 Å². The van der Waals surface area contributed by atoms with Gasteiger partial charge in [-0.15, -0.1) is 0 Å². The zero-order chi connectivity index (χ0) is 17.6. The average molecular weight is 342 g/mol. The molecule has 1 saturated heterocycles. The van der Waals surface area contributed by atoms with Crippen molar-refractivity contribution in [3.05, 3.63) is 24.2 Å². The lowest BCUT2D eigenvalue weighted by atomic mass is 9.96. The summed E-state index contributed by atoms with van der Waals surface area (Å²) in [4.78, 5) is 22.6. The van der Waals surface area contributed by atoms with Crippen LogP contribution >= 0.6 is 0 Å². The second kappa shape index (κ2) is 12.5. The van der Waals surface area contributed by atoms with E-state index in [0.717, 1.165) is 51.9 Å². The zero-order valence-corrected chi connectivity index (χ0v) is 14.0. The molecule has 1 fully saturated rings. The van der Waals surface area contributed by atoms with E-state index in [2.05, 4.69) is 10.2 Å². The number of nitrogens with zero attached hydrogens (tertiary/aromatic N) is 1. The summed E-state index contributed by atoms with van der Waals surface area (Å²) >= 11 is 0. The highest BCUT2D eigenvalue weighted by Crippen LogP contribution is 2.17. The van der Waals surface area contributed by atoms with Crippen molar-refractivity contribution in [1.82, 2.24) is 10.2 Å². The molecule has 0 saturated carbocycles. The number of carbonyl (C=O) groups excluding carboxylic acids is 1. The molecule has 2 heterocycles. The van der Waals surface area contributed by atoms with E-state index in [1.165, 1.54) is 12.5 Å². The van der Waals surface area contributed by atoms with Gasteiger partial charge in [0.1, 0.15) is 6.26 Å². The summed E-state index contributed by atoms with van der Waals surface area (Å²) in [5, 5.41) is 9.86. The van der Waals surface area contributed by atoms with Crippen LogP contribution in [-0.2, 0) is 4.79 Å². The molecule has 1 aromatic heterocycles. The van der Waals surface area contributed by atoms with Gasteiger partial charge in [0.25, 0.3) is 12.4 Å². The minimum absolute atomic E-state index is 0.0580. The first-order chi connectivity index (χ1) is 11.7. The largest absolute Gasteiger partial charge is 0.483 e. The molecule has 0 radical (unpaired) electrons. The topological polar surface area (TPSA) is 82.8 Å². The summed E-state index contributed by atoms with van der Waals surface area (Å²) in [6.07, 6.45) is 7.98. The van der Waals surface area contributed by atoms with E-state index in [-0.39, 0.29) is 19.1 Å². The molecule has 1 amide bonds. The number of unbranched alkanes of at least 4 members (excludes halogenated alkanes) is 2. The van der Waals surface area contributed by atoms with Crippen LogP contribution in [0.4, 0.5) is 4.39 Å². The molecular formula is C17H27FN2O4. The molecule has 0 aromatic carbocycles. The second-order valence-corrected chi connectivity index (χ2v) is 5.86. The maximum Gasteiger partial charge on any atom is 0.290 e. The average Bonchev–Trinajstić information content (AvgIpc) is 3.13. The first-order valence-electron chi connectivity index (χ1n) is 8.37. The molecule has 1 aliphatic rings. The van der Waals surface area contributed by atoms with E-state index in [1.54, 1.807) is 6.07 Å². The summed E-state index contributed by atoms with van der Waals surface area (Å²) < 4.78 is 16.9. The molecule has 2 rings (SSSR count). The Labute approximate surface area is 142 Å². The number of carbonyl (C=O) groups is 2. The molecular weight excluding hydrogens is 315 g/mol. The number of furan rings is 1. The van der Waals surface area contributed by atoms with Crippen molar-refractivity contribution in [2.24, 2.45) is 5.92 Å². The SMILES string of the molecule is O=C(NCC1CCN(CCCCCF)CC1)c1ccoc1.O=CO. The van der Waals surface area contributed by atoms with Crippen molar-refractivity contribution < 1.29 is 23.5 Å². The van der Waals surface area contributed by atoms with Gasteiger partial charge in [0.15, 0.2) is 0 Å². The standard InChI is InChI=1S/C16H25FN2O2.CH2O2/c17-7-2-1-3-8-19-9-4-14(5-10-19)12-18-16(20)15-6-11-21-13-15;2-1-3/h6,11,13-14H,1-5,7-10,12H2,(H,18,20);1H,(H,2,3). The van der Waals surface area contributed by atoms with Gasteiger partial charge in [0.05, 0.1) is 18.5 Å². The predicted octanol–water partition coefficient (Wildman–Crippen LogP) is 2.56. The fraction of sp³-hybridized carbons (Fsp3) is 0.647. The smallest absolute Gasteiger partial charge is 0.290 e. The molecule has 0 atom stereocenters. The van der Waals surface area contributed by atoms with Gasteiger partial charge in [-0.25, -0.2) is 0 Å². The van der Waals surface area contributed by atoms with Crippen LogP contribution in [0.1, 0.15) is 42.5 Å². The Hall–Kier alpha value is -1.89. The normalized spacial score (nSPS) is 15.4. The fourth-order valence-electron chi connectivity index (χ4n) is 2.75. The minimum atomic E-state index is -0.250. The molecule has 0 bridgehead atoms. The number of amides is 1. The number of carboxylic acid groups (broad SMARTS) is 1. The number of rotatable bonds is 8. The third-order valence-electron chi connectivity index (χ3n) is 4.15. The Morgan fingerprint density at radius 1 is 1.38 bits per heavy atom. The summed E-state index contributed by atoms with van der Waals surface area (Å²) in [5.74, 6) is 0.500. The lowest BCUT2D eigenvalue weighted by molar-refractivity contribution is -0.122. The van der Waals surface area contributed by atoms with E-state index < -0.39 is 0 Å². The van der Waals surface area contributed by atoms with Crippen LogP contribution in [0.25, 0.3) is 0 Å².